The maximum absolute atomic E-state index is 6.04. The van der Waals surface area contributed by atoms with Gasteiger partial charge in [-0.05, 0) is 31.0 Å². The molecule has 0 fully saturated rings. The van der Waals surface area contributed by atoms with E-state index >= 15 is 0 Å². The molecule has 0 radical (unpaired) electrons. The summed E-state index contributed by atoms with van der Waals surface area (Å²) in [6.07, 6.45) is 0.742. The van der Waals surface area contributed by atoms with Crippen molar-refractivity contribution < 1.29 is 4.74 Å². The van der Waals surface area contributed by atoms with Gasteiger partial charge in [-0.2, -0.15) is 0 Å². The van der Waals surface area contributed by atoms with Crippen LogP contribution in [0.1, 0.15) is 24.9 Å². The Hall–Kier alpha value is -0.440. The van der Waals surface area contributed by atoms with Crippen LogP contribution in [0.2, 0.25) is 5.02 Å². The van der Waals surface area contributed by atoms with Gasteiger partial charge in [0.25, 0.3) is 0 Å². The molecule has 84 valence electrons. The van der Waals surface area contributed by atoms with Gasteiger partial charge in [0.1, 0.15) is 5.75 Å². The van der Waals surface area contributed by atoms with Crippen molar-refractivity contribution >= 4 is 23.2 Å². The molecule has 0 saturated heterocycles. The molecule has 0 bridgehead atoms. The van der Waals surface area contributed by atoms with E-state index in [9.17, 15) is 0 Å². The highest BCUT2D eigenvalue weighted by Gasteiger charge is 2.08. The molecule has 0 heterocycles. The Kier molecular flexibility index (Phi) is 5.23. The molecule has 0 aliphatic heterocycles. The minimum Gasteiger partial charge on any atom is -0.492 e. The maximum atomic E-state index is 6.04. The first kappa shape index (κ1) is 12.6. The van der Waals surface area contributed by atoms with Crippen molar-refractivity contribution in [3.8, 4) is 5.75 Å². The predicted molar refractivity (Wildman–Crippen MR) is 64.9 cm³/mol. The molecule has 1 aromatic carbocycles. The normalized spacial score (nSPS) is 12.5. The average Bonchev–Trinajstić information content (AvgIpc) is 2.21. The van der Waals surface area contributed by atoms with Gasteiger partial charge in [0, 0.05) is 11.9 Å². The van der Waals surface area contributed by atoms with Crippen molar-refractivity contribution in [2.24, 2.45) is 5.73 Å². The van der Waals surface area contributed by atoms with Gasteiger partial charge >= 0.3 is 0 Å². The lowest BCUT2D eigenvalue weighted by atomic mass is 10.1. The van der Waals surface area contributed by atoms with Crippen molar-refractivity contribution in [2.75, 3.05) is 12.5 Å². The summed E-state index contributed by atoms with van der Waals surface area (Å²) in [4.78, 5) is 0. The lowest BCUT2D eigenvalue weighted by Crippen LogP contribution is -2.10. The number of ether oxygens (including phenoxy) is 1. The van der Waals surface area contributed by atoms with Gasteiger partial charge in [0.2, 0.25) is 0 Å². The molecule has 1 aromatic rings. The Morgan fingerprint density at radius 1 is 1.47 bits per heavy atom. The summed E-state index contributed by atoms with van der Waals surface area (Å²) in [5, 5.41) is 0.597. The lowest BCUT2D eigenvalue weighted by molar-refractivity contribution is 0.340. The van der Waals surface area contributed by atoms with Crippen molar-refractivity contribution in [1.82, 2.24) is 0 Å². The largest absolute Gasteiger partial charge is 0.492 e. The fraction of sp³-hybridized carbons (Fsp3) is 0.455. The monoisotopic (exact) mass is 247 g/mol. The molecule has 0 aromatic heterocycles. The van der Waals surface area contributed by atoms with Gasteiger partial charge in [0.05, 0.1) is 11.6 Å². The summed E-state index contributed by atoms with van der Waals surface area (Å²) in [5.41, 5.74) is 6.90. The first-order chi connectivity index (χ1) is 7.19. The van der Waals surface area contributed by atoms with Crippen molar-refractivity contribution in [3.63, 3.8) is 0 Å². The lowest BCUT2D eigenvalue weighted by Gasteiger charge is -2.12. The molecule has 2 N–H and O–H groups in total. The zero-order valence-electron chi connectivity index (χ0n) is 8.67. The van der Waals surface area contributed by atoms with Crippen LogP contribution in [0.3, 0.4) is 0 Å². The van der Waals surface area contributed by atoms with Crippen LogP contribution in [0.4, 0.5) is 0 Å². The van der Waals surface area contributed by atoms with E-state index < -0.39 is 0 Å². The minimum atomic E-state index is -0.0596. The standard InChI is InChI=1S/C11H15Cl2NO/c1-2-15-11-4-3-8(7-9(11)13)10(14)5-6-12/h3-4,7,10H,2,5-6,14H2,1H3. The Balaban J connectivity index is 2.81. The zero-order valence-corrected chi connectivity index (χ0v) is 10.2. The average molecular weight is 248 g/mol. The second-order valence-corrected chi connectivity index (χ2v) is 3.99. The van der Waals surface area contributed by atoms with Crippen LogP contribution in [0, 0.1) is 0 Å². The smallest absolute Gasteiger partial charge is 0.137 e. The number of alkyl halides is 1. The molecule has 4 heteroatoms. The van der Waals surface area contributed by atoms with Gasteiger partial charge in [-0.3, -0.25) is 0 Å². The van der Waals surface area contributed by atoms with Crippen molar-refractivity contribution in [2.45, 2.75) is 19.4 Å². The van der Waals surface area contributed by atoms with Gasteiger partial charge in [-0.25, -0.2) is 0 Å². The number of benzene rings is 1. The highest BCUT2D eigenvalue weighted by Crippen LogP contribution is 2.28. The second kappa shape index (κ2) is 6.21. The number of hydrogen-bond acceptors (Lipinski definition) is 2. The van der Waals surface area contributed by atoms with E-state index in [-0.39, 0.29) is 6.04 Å². The summed E-state index contributed by atoms with van der Waals surface area (Å²) in [6, 6.07) is 5.54. The third-order valence-electron chi connectivity index (χ3n) is 2.10. The molecule has 1 unspecified atom stereocenters. The van der Waals surface area contributed by atoms with Crippen LogP contribution in [-0.2, 0) is 0 Å². The van der Waals surface area contributed by atoms with E-state index in [2.05, 4.69) is 0 Å². The van der Waals surface area contributed by atoms with Gasteiger partial charge < -0.3 is 10.5 Å². The van der Waals surface area contributed by atoms with Crippen LogP contribution in [0.15, 0.2) is 18.2 Å². The topological polar surface area (TPSA) is 35.2 Å². The van der Waals surface area contributed by atoms with E-state index in [4.69, 9.17) is 33.7 Å². The Labute approximate surface area is 100 Å². The zero-order chi connectivity index (χ0) is 11.3. The third-order valence-corrected chi connectivity index (χ3v) is 2.62. The maximum Gasteiger partial charge on any atom is 0.137 e. The number of nitrogens with two attached hydrogens (primary N) is 1. The van der Waals surface area contributed by atoms with E-state index in [1.54, 1.807) is 0 Å². The van der Waals surface area contributed by atoms with Gasteiger partial charge in [0.15, 0.2) is 0 Å². The molecule has 1 atom stereocenters. The highest BCUT2D eigenvalue weighted by molar-refractivity contribution is 6.32. The fourth-order valence-corrected chi connectivity index (χ4v) is 1.78. The summed E-state index contributed by atoms with van der Waals surface area (Å²) in [6.45, 7) is 2.52. The highest BCUT2D eigenvalue weighted by atomic mass is 35.5. The van der Waals surface area contributed by atoms with Crippen molar-refractivity contribution in [1.29, 1.82) is 0 Å². The molecule has 2 nitrogen and oxygen atoms in total. The van der Waals surface area contributed by atoms with Crippen LogP contribution < -0.4 is 10.5 Å². The van der Waals surface area contributed by atoms with E-state index in [1.807, 2.05) is 25.1 Å². The molecular formula is C11H15Cl2NO. The third kappa shape index (κ3) is 3.56. The Morgan fingerprint density at radius 3 is 2.73 bits per heavy atom. The summed E-state index contributed by atoms with van der Waals surface area (Å²) < 4.78 is 5.33. The van der Waals surface area contributed by atoms with E-state index in [1.165, 1.54) is 0 Å². The predicted octanol–water partition coefficient (Wildman–Crippen LogP) is 3.37. The molecule has 0 aliphatic carbocycles. The second-order valence-electron chi connectivity index (χ2n) is 3.21. The number of rotatable bonds is 5. The SMILES string of the molecule is CCOc1ccc(C(N)CCCl)cc1Cl. The van der Waals surface area contributed by atoms with Gasteiger partial charge in [-0.1, -0.05) is 17.7 Å². The molecule has 1 rings (SSSR count). The quantitative estimate of drug-likeness (QED) is 0.811. The molecule has 15 heavy (non-hydrogen) atoms. The van der Waals surface area contributed by atoms with Crippen LogP contribution in [0.25, 0.3) is 0 Å². The van der Waals surface area contributed by atoms with E-state index in [0.29, 0.717) is 23.3 Å². The molecular weight excluding hydrogens is 233 g/mol. The van der Waals surface area contributed by atoms with Crippen LogP contribution in [0.5, 0.6) is 5.75 Å². The van der Waals surface area contributed by atoms with Crippen molar-refractivity contribution in [3.05, 3.63) is 28.8 Å². The Morgan fingerprint density at radius 2 is 2.20 bits per heavy atom. The first-order valence-electron chi connectivity index (χ1n) is 4.92. The molecule has 0 spiro atoms. The van der Waals surface area contributed by atoms with Gasteiger partial charge in [-0.15, -0.1) is 11.6 Å². The number of halogens is 2. The fourth-order valence-electron chi connectivity index (χ4n) is 1.30. The van der Waals surface area contributed by atoms with Crippen LogP contribution in [-0.4, -0.2) is 12.5 Å². The molecule has 0 aliphatic rings. The number of hydrogen-bond donors (Lipinski definition) is 1. The summed E-state index contributed by atoms with van der Waals surface area (Å²) in [5.74, 6) is 1.24. The first-order valence-corrected chi connectivity index (χ1v) is 5.84. The summed E-state index contributed by atoms with van der Waals surface area (Å²) >= 11 is 11.7. The van der Waals surface area contributed by atoms with E-state index in [0.717, 1.165) is 12.0 Å². The molecule has 0 amide bonds. The summed E-state index contributed by atoms with van der Waals surface area (Å²) in [7, 11) is 0. The van der Waals surface area contributed by atoms with Crippen LogP contribution >= 0.6 is 23.2 Å². The minimum absolute atomic E-state index is 0.0596. The Bertz CT molecular complexity index is 317. The molecule has 0 saturated carbocycles.